The molecule has 0 radical (unpaired) electrons. The number of alkyl carbamates (subject to hydrolysis) is 1. The third kappa shape index (κ3) is 7.31. The van der Waals surface area contributed by atoms with Gasteiger partial charge < -0.3 is 29.2 Å². The predicted octanol–water partition coefficient (Wildman–Crippen LogP) is 4.82. The molecule has 2 atom stereocenters. The van der Waals surface area contributed by atoms with Crippen LogP contribution in [0, 0.1) is 5.92 Å². The number of amides is 1. The van der Waals surface area contributed by atoms with Crippen LogP contribution >= 0.6 is 0 Å². The number of aliphatic hydroxyl groups excluding tert-OH is 1. The van der Waals surface area contributed by atoms with Crippen molar-refractivity contribution in [2.75, 3.05) is 20.1 Å². The largest absolute Gasteiger partial charge is 0.444 e. The maximum atomic E-state index is 11.5. The highest BCUT2D eigenvalue weighted by atomic mass is 16.6. The Bertz CT molecular complexity index is 1430. The monoisotopic (exact) mass is 562 g/mol. The van der Waals surface area contributed by atoms with Crippen LogP contribution in [-0.2, 0) is 18.3 Å². The van der Waals surface area contributed by atoms with Crippen molar-refractivity contribution in [2.24, 2.45) is 18.0 Å². The Hall–Kier alpha value is -3.76. The molecule has 1 aromatic carbocycles. The summed E-state index contributed by atoms with van der Waals surface area (Å²) in [6.45, 7) is 15.5. The second-order valence-electron chi connectivity index (χ2n) is 12.0. The summed E-state index contributed by atoms with van der Waals surface area (Å²) in [5.74, 6) is 2.40. The fourth-order valence-corrected chi connectivity index (χ4v) is 5.04. The lowest BCUT2D eigenvalue weighted by Gasteiger charge is -2.34. The van der Waals surface area contributed by atoms with Gasteiger partial charge in [-0.15, -0.1) is 0 Å². The first-order valence-electron chi connectivity index (χ1n) is 14.0. The molecular weight excluding hydrogens is 520 g/mol. The minimum Gasteiger partial charge on any atom is -0.444 e. The lowest BCUT2D eigenvalue weighted by molar-refractivity contribution is 0.0266. The molecule has 0 bridgehead atoms. The van der Waals surface area contributed by atoms with Gasteiger partial charge >= 0.3 is 6.09 Å². The second-order valence-corrected chi connectivity index (χ2v) is 12.0. The van der Waals surface area contributed by atoms with E-state index < -0.39 is 17.8 Å². The first-order chi connectivity index (χ1) is 19.4. The van der Waals surface area contributed by atoms with Crippen molar-refractivity contribution in [3.05, 3.63) is 42.0 Å². The molecule has 2 fully saturated rings. The summed E-state index contributed by atoms with van der Waals surface area (Å²) in [7, 11) is 3.96. The Kier molecular flexibility index (Phi) is 9.14. The number of ether oxygens (including phenoxy) is 1. The Labute approximate surface area is 241 Å². The number of rotatable bonds is 7. The average Bonchev–Trinajstić information content (AvgIpc) is 3.59. The quantitative estimate of drug-likeness (QED) is 0.315. The zero-order valence-corrected chi connectivity index (χ0v) is 24.8. The van der Waals surface area contributed by atoms with Gasteiger partial charge in [-0.05, 0) is 84.0 Å². The van der Waals surface area contributed by atoms with Crippen molar-refractivity contribution < 1.29 is 19.4 Å². The van der Waals surface area contributed by atoms with E-state index in [4.69, 9.17) is 9.72 Å². The lowest BCUT2D eigenvalue weighted by atomic mass is 10.0. The number of piperidine rings is 1. The molecule has 2 unspecified atom stereocenters. The number of nitrogens with one attached hydrogen (secondary N) is 1. The molecule has 2 N–H and O–H groups in total. The molecule has 3 aromatic rings. The number of aryl methyl sites for hydroxylation is 1. The average molecular weight is 563 g/mol. The molecule has 1 saturated carbocycles. The normalized spacial score (nSPS) is 19.3. The molecule has 2 aliphatic rings. The fraction of sp³-hybridized carbons (Fsp3) is 0.484. The van der Waals surface area contributed by atoms with Crippen LogP contribution in [0.2, 0.25) is 0 Å². The van der Waals surface area contributed by atoms with Crippen molar-refractivity contribution in [1.29, 1.82) is 0 Å². The fourth-order valence-electron chi connectivity index (χ4n) is 5.04. The van der Waals surface area contributed by atoms with Crippen molar-refractivity contribution in [1.82, 2.24) is 24.3 Å². The van der Waals surface area contributed by atoms with Crippen LogP contribution < -0.4 is 5.32 Å². The number of hydrogen-bond donors (Lipinski definition) is 2. The third-order valence-electron chi connectivity index (χ3n) is 7.36. The zero-order valence-electron chi connectivity index (χ0n) is 24.8. The van der Waals surface area contributed by atoms with E-state index in [1.165, 1.54) is 12.8 Å². The number of carbonyl (C=O) groups is 2. The van der Waals surface area contributed by atoms with Gasteiger partial charge in [0.15, 0.2) is 5.82 Å². The number of aliphatic imine (C=N–C) groups is 1. The van der Waals surface area contributed by atoms with Gasteiger partial charge in [-0.25, -0.2) is 14.8 Å². The van der Waals surface area contributed by atoms with Crippen LogP contribution in [0.3, 0.4) is 0 Å². The van der Waals surface area contributed by atoms with E-state index in [1.54, 1.807) is 0 Å². The third-order valence-corrected chi connectivity index (χ3v) is 7.36. The van der Waals surface area contributed by atoms with Crippen molar-refractivity contribution in [2.45, 2.75) is 64.3 Å². The van der Waals surface area contributed by atoms with Crippen molar-refractivity contribution >= 4 is 42.0 Å². The van der Waals surface area contributed by atoms with Gasteiger partial charge in [0, 0.05) is 37.8 Å². The molecule has 41 heavy (non-hydrogen) atoms. The predicted molar refractivity (Wildman–Crippen MR) is 163 cm³/mol. The smallest absolute Gasteiger partial charge is 0.408 e. The molecule has 1 aliphatic carbocycles. The van der Waals surface area contributed by atoms with Gasteiger partial charge in [-0.2, -0.15) is 0 Å². The first-order valence-corrected chi connectivity index (χ1v) is 14.0. The van der Waals surface area contributed by atoms with E-state index in [-0.39, 0.29) is 6.04 Å². The van der Waals surface area contributed by atoms with Gasteiger partial charge in [0.25, 0.3) is 0 Å². The second kappa shape index (κ2) is 12.4. The number of aldehydes is 1. The molecule has 2 aromatic heterocycles. The van der Waals surface area contributed by atoms with Crippen LogP contribution in [0.1, 0.15) is 56.0 Å². The summed E-state index contributed by atoms with van der Waals surface area (Å²) >= 11 is 0. The van der Waals surface area contributed by atoms with E-state index in [9.17, 15) is 14.7 Å². The lowest BCUT2D eigenvalue weighted by Crippen LogP contribution is -2.54. The first kappa shape index (κ1) is 30.2. The van der Waals surface area contributed by atoms with Crippen LogP contribution in [0.25, 0.3) is 28.6 Å². The van der Waals surface area contributed by atoms with Gasteiger partial charge in [0.1, 0.15) is 17.7 Å². The highest BCUT2D eigenvalue weighted by Crippen LogP contribution is 2.38. The maximum absolute atomic E-state index is 11.5. The number of likely N-dealkylation sites (N-methyl/N-ethyl adjacent to an activating group) is 1. The van der Waals surface area contributed by atoms with E-state index >= 15 is 0 Å². The van der Waals surface area contributed by atoms with Gasteiger partial charge in [0.05, 0.1) is 28.9 Å². The number of nitrogens with zero attached hydrogens (tertiary/aromatic N) is 5. The molecule has 3 heterocycles. The van der Waals surface area contributed by atoms with Gasteiger partial charge in [0.2, 0.25) is 0 Å². The van der Waals surface area contributed by atoms with Crippen LogP contribution in [0.5, 0.6) is 0 Å². The van der Waals surface area contributed by atoms with Crippen LogP contribution in [0.15, 0.2) is 35.8 Å². The number of fused-ring (bicyclic) bond motifs is 1. The molecule has 220 valence electrons. The highest BCUT2D eigenvalue weighted by Gasteiger charge is 2.29. The summed E-state index contributed by atoms with van der Waals surface area (Å²) in [5.41, 5.74) is 3.91. The van der Waals surface area contributed by atoms with Gasteiger partial charge in [-0.3, -0.25) is 4.79 Å². The van der Waals surface area contributed by atoms with Crippen molar-refractivity contribution in [3.8, 4) is 11.5 Å². The van der Waals surface area contributed by atoms with Crippen LogP contribution in [0.4, 0.5) is 10.6 Å². The molecule has 1 aliphatic heterocycles. The number of likely N-dealkylation sites (tertiary alicyclic amines) is 1. The molecule has 1 amide bonds. The number of aliphatic hydroxyl groups is 1. The maximum Gasteiger partial charge on any atom is 0.408 e. The van der Waals surface area contributed by atoms with E-state index in [0.717, 1.165) is 53.3 Å². The Morgan fingerprint density at radius 2 is 1.98 bits per heavy atom. The minimum atomic E-state index is -0.504. The molecule has 10 nitrogen and oxygen atoms in total. The molecule has 10 heteroatoms. The van der Waals surface area contributed by atoms with E-state index in [2.05, 4.69) is 43.7 Å². The summed E-state index contributed by atoms with van der Waals surface area (Å²) in [6, 6.07) is 7.40. The topological polar surface area (TPSA) is 114 Å². The molecule has 5 rings (SSSR count). The summed E-state index contributed by atoms with van der Waals surface area (Å²) in [5, 5.41) is 12.4. The number of carbonyl (C=O) groups excluding carboxylic acids is 2. The Morgan fingerprint density at radius 3 is 2.59 bits per heavy atom. The summed E-state index contributed by atoms with van der Waals surface area (Å²) in [4.78, 5) is 33.7. The number of hydrogen-bond acceptors (Lipinski definition) is 7. The standard InChI is InChI=1S/C20H20N4O.C11H22N2O3/c1-4-15-10-18(24(19(15)21-2)11-13-5-6-13)20-22-16-9-14(12-25)7-8-17(16)23(20)3;1-11(2,3)16-10(15)12-8-7-13(4)6-5-9(8)14/h4,7-10,12-13H,1-2,5-6,11H2,3H3;8-9,14H,5-7H2,1-4H3,(H,12,15). The molecule has 0 spiro atoms. The number of benzene rings is 1. The highest BCUT2D eigenvalue weighted by molar-refractivity contribution is 5.87. The SMILES string of the molecule is C=Cc1cc(-c2nc3cc(C=O)ccc3n2C)n(CC2CC2)c1N=C.CN1CCC(O)C(NC(=O)OC(C)(C)C)C1. The number of imidazole rings is 1. The zero-order chi connectivity index (χ0) is 29.9. The van der Waals surface area contributed by atoms with E-state index in [1.807, 2.05) is 59.1 Å². The minimum absolute atomic E-state index is 0.242. The summed E-state index contributed by atoms with van der Waals surface area (Å²) in [6.07, 6.45) is 4.89. The summed E-state index contributed by atoms with van der Waals surface area (Å²) < 4.78 is 9.40. The Balaban J connectivity index is 0.000000210. The van der Waals surface area contributed by atoms with E-state index in [0.29, 0.717) is 24.4 Å². The molecular formula is C31H42N6O4. The van der Waals surface area contributed by atoms with Crippen molar-refractivity contribution in [3.63, 3.8) is 0 Å². The number of aromatic nitrogens is 3. The van der Waals surface area contributed by atoms with Gasteiger partial charge in [-0.1, -0.05) is 12.7 Å². The van der Waals surface area contributed by atoms with Crippen LogP contribution in [-0.4, -0.2) is 81.1 Å². The molecule has 1 saturated heterocycles. The Morgan fingerprint density at radius 1 is 1.24 bits per heavy atom.